The van der Waals surface area contributed by atoms with E-state index in [2.05, 4.69) is 20.2 Å². The molecule has 1 aromatic heterocycles. The molecule has 138 valence electrons. The van der Waals surface area contributed by atoms with E-state index in [0.717, 1.165) is 34.2 Å². The number of piperidine rings is 3. The molecular formula is C19H24N4O2S. The third kappa shape index (κ3) is 2.83. The van der Waals surface area contributed by atoms with Gasteiger partial charge in [0, 0.05) is 12.5 Å². The predicted octanol–water partition coefficient (Wildman–Crippen LogP) is 3.35. The molecule has 3 saturated heterocycles. The van der Waals surface area contributed by atoms with E-state index < -0.39 is 0 Å². The summed E-state index contributed by atoms with van der Waals surface area (Å²) in [6, 6.07) is 6.64. The van der Waals surface area contributed by atoms with Gasteiger partial charge in [-0.25, -0.2) is 9.98 Å². The number of aromatic nitrogens is 1. The molecule has 0 amide bonds. The zero-order valence-corrected chi connectivity index (χ0v) is 16.0. The molecule has 0 aliphatic carbocycles. The Morgan fingerprint density at radius 3 is 2.92 bits per heavy atom. The van der Waals surface area contributed by atoms with Crippen molar-refractivity contribution >= 4 is 32.7 Å². The first-order chi connectivity index (χ1) is 12.6. The molecule has 0 saturated carbocycles. The van der Waals surface area contributed by atoms with E-state index in [1.165, 1.54) is 25.9 Å². The van der Waals surface area contributed by atoms with E-state index in [-0.39, 0.29) is 11.7 Å². The number of fused-ring (bicyclic) bond motifs is 3. The van der Waals surface area contributed by atoms with Crippen molar-refractivity contribution in [3.8, 4) is 5.75 Å². The molecule has 1 spiro atoms. The normalized spacial score (nSPS) is 30.0. The highest BCUT2D eigenvalue weighted by molar-refractivity contribution is 7.22. The lowest BCUT2D eigenvalue weighted by Crippen LogP contribution is -2.61. The zero-order chi connectivity index (χ0) is 17.7. The highest BCUT2D eigenvalue weighted by atomic mass is 32.1. The van der Waals surface area contributed by atoms with E-state index in [0.29, 0.717) is 11.9 Å². The molecule has 0 radical (unpaired) electrons. The summed E-state index contributed by atoms with van der Waals surface area (Å²) in [6.07, 6.45) is 2.61. The molecule has 7 heteroatoms. The minimum Gasteiger partial charge on any atom is -0.491 e. The van der Waals surface area contributed by atoms with E-state index in [1.807, 2.05) is 32.0 Å². The third-order valence-corrected chi connectivity index (χ3v) is 6.49. The lowest BCUT2D eigenvalue weighted by atomic mass is 9.75. The van der Waals surface area contributed by atoms with E-state index in [9.17, 15) is 0 Å². The van der Waals surface area contributed by atoms with E-state index >= 15 is 0 Å². The fourth-order valence-electron chi connectivity index (χ4n) is 4.34. The Morgan fingerprint density at radius 2 is 2.19 bits per heavy atom. The average molecular weight is 372 g/mol. The largest absolute Gasteiger partial charge is 0.491 e. The van der Waals surface area contributed by atoms with Crippen molar-refractivity contribution in [2.45, 2.75) is 38.4 Å². The monoisotopic (exact) mass is 372 g/mol. The van der Waals surface area contributed by atoms with Crippen molar-refractivity contribution in [3.05, 3.63) is 18.2 Å². The average Bonchev–Trinajstić information content (AvgIpc) is 3.19. The molecule has 6 rings (SSSR count). The Morgan fingerprint density at radius 1 is 1.35 bits per heavy atom. The summed E-state index contributed by atoms with van der Waals surface area (Å²) in [5.74, 6) is 1.50. The number of hydrogen-bond acceptors (Lipinski definition) is 7. The number of nitrogens with zero attached hydrogens (tertiary/aromatic N) is 3. The standard InChI is InChI=1S/C19H24N4O2S/c1-12(2)24-14-3-4-15-16(9-14)26-18(21-15)22-17-20-10-19(25-17)11-23-7-5-13(19)6-8-23/h3-4,9,12-13H,5-8,10-11H2,1-2H3,(H,20,21,22). The quantitative estimate of drug-likeness (QED) is 0.895. The van der Waals surface area contributed by atoms with Crippen LogP contribution in [0.5, 0.6) is 5.75 Å². The predicted molar refractivity (Wildman–Crippen MR) is 104 cm³/mol. The van der Waals surface area contributed by atoms with Gasteiger partial charge in [0.1, 0.15) is 11.4 Å². The zero-order valence-electron chi connectivity index (χ0n) is 15.2. The van der Waals surface area contributed by atoms with Crippen LogP contribution in [0.3, 0.4) is 0 Å². The highest BCUT2D eigenvalue weighted by Crippen LogP contribution is 2.41. The lowest BCUT2D eigenvalue weighted by Gasteiger charge is -2.50. The van der Waals surface area contributed by atoms with Crippen LogP contribution < -0.4 is 10.1 Å². The fraction of sp³-hybridized carbons (Fsp3) is 0.579. The van der Waals surface area contributed by atoms with Gasteiger partial charge in [0.2, 0.25) is 0 Å². The molecule has 6 nitrogen and oxygen atoms in total. The van der Waals surface area contributed by atoms with Crippen LogP contribution in [-0.4, -0.2) is 53.8 Å². The smallest absolute Gasteiger partial charge is 0.291 e. The number of anilines is 1. The molecule has 1 aromatic carbocycles. The van der Waals surface area contributed by atoms with Gasteiger partial charge in [-0.1, -0.05) is 11.3 Å². The van der Waals surface area contributed by atoms with Gasteiger partial charge < -0.3 is 9.47 Å². The fourth-order valence-corrected chi connectivity index (χ4v) is 5.23. The van der Waals surface area contributed by atoms with Gasteiger partial charge in [0.25, 0.3) is 6.02 Å². The summed E-state index contributed by atoms with van der Waals surface area (Å²) in [7, 11) is 0. The van der Waals surface area contributed by atoms with Crippen LogP contribution in [0.4, 0.5) is 5.13 Å². The van der Waals surface area contributed by atoms with Crippen LogP contribution in [0.15, 0.2) is 23.2 Å². The molecule has 1 unspecified atom stereocenters. The van der Waals surface area contributed by atoms with Crippen molar-refractivity contribution in [1.82, 2.24) is 9.88 Å². The molecular weight excluding hydrogens is 348 g/mol. The van der Waals surface area contributed by atoms with Gasteiger partial charge in [0.05, 0.1) is 22.9 Å². The molecule has 5 heterocycles. The first kappa shape index (κ1) is 16.3. The summed E-state index contributed by atoms with van der Waals surface area (Å²) in [4.78, 5) is 11.8. The number of ether oxygens (including phenoxy) is 2. The van der Waals surface area contributed by atoms with Crippen molar-refractivity contribution in [1.29, 1.82) is 0 Å². The Hall–Kier alpha value is -1.86. The Labute approximate surface area is 157 Å². The first-order valence-electron chi connectivity index (χ1n) is 9.40. The maximum atomic E-state index is 6.34. The molecule has 2 aromatic rings. The van der Waals surface area contributed by atoms with Crippen molar-refractivity contribution < 1.29 is 9.47 Å². The first-order valence-corrected chi connectivity index (χ1v) is 10.2. The molecule has 4 aliphatic heterocycles. The maximum absolute atomic E-state index is 6.34. The van der Waals surface area contributed by atoms with Crippen LogP contribution >= 0.6 is 11.3 Å². The summed E-state index contributed by atoms with van der Waals surface area (Å²) in [5, 5.41) is 4.12. The summed E-state index contributed by atoms with van der Waals surface area (Å²) in [6.45, 7) is 8.23. The lowest BCUT2D eigenvalue weighted by molar-refractivity contribution is -0.0829. The number of nitrogens with one attached hydrogen (secondary N) is 1. The van der Waals surface area contributed by atoms with Crippen molar-refractivity contribution in [2.24, 2.45) is 10.9 Å². The van der Waals surface area contributed by atoms with Crippen LogP contribution in [0.25, 0.3) is 10.2 Å². The Bertz CT molecular complexity index is 856. The van der Waals surface area contributed by atoms with Crippen molar-refractivity contribution in [2.75, 3.05) is 31.5 Å². The van der Waals surface area contributed by atoms with Gasteiger partial charge in [-0.3, -0.25) is 10.2 Å². The SMILES string of the molecule is CC(C)Oc1ccc2nc(NC3=NCC4(CN5CCC4CC5)O3)sc2c1. The van der Waals surface area contributed by atoms with Gasteiger partial charge in [-0.15, -0.1) is 0 Å². The molecule has 1 atom stereocenters. The summed E-state index contributed by atoms with van der Waals surface area (Å²) in [5.41, 5.74) is 0.845. The van der Waals surface area contributed by atoms with Crippen LogP contribution in [0.2, 0.25) is 0 Å². The van der Waals surface area contributed by atoms with Gasteiger partial charge in [-0.05, 0) is 58.0 Å². The van der Waals surface area contributed by atoms with Gasteiger partial charge in [-0.2, -0.15) is 0 Å². The number of thiazole rings is 1. The van der Waals surface area contributed by atoms with Gasteiger partial charge >= 0.3 is 0 Å². The molecule has 3 fully saturated rings. The second-order valence-electron chi connectivity index (χ2n) is 7.78. The van der Waals surface area contributed by atoms with E-state index in [1.54, 1.807) is 11.3 Å². The number of hydrogen-bond donors (Lipinski definition) is 1. The number of rotatable bonds is 3. The Balaban J connectivity index is 1.31. The minimum atomic E-state index is -0.117. The number of aliphatic imine (C=N–C) groups is 1. The minimum absolute atomic E-state index is 0.117. The van der Waals surface area contributed by atoms with Gasteiger partial charge in [0.15, 0.2) is 5.13 Å². The number of amidine groups is 1. The maximum Gasteiger partial charge on any atom is 0.291 e. The second kappa shape index (κ2) is 6.09. The van der Waals surface area contributed by atoms with Crippen LogP contribution in [0, 0.1) is 5.92 Å². The van der Waals surface area contributed by atoms with Crippen LogP contribution in [0.1, 0.15) is 26.7 Å². The summed E-state index contributed by atoms with van der Waals surface area (Å²) < 4.78 is 13.2. The molecule has 4 aliphatic rings. The molecule has 26 heavy (non-hydrogen) atoms. The molecule has 2 bridgehead atoms. The summed E-state index contributed by atoms with van der Waals surface area (Å²) >= 11 is 1.60. The third-order valence-electron chi connectivity index (χ3n) is 5.56. The Kier molecular flexibility index (Phi) is 3.83. The topological polar surface area (TPSA) is 59.0 Å². The molecule has 1 N–H and O–H groups in total. The number of benzene rings is 1. The second-order valence-corrected chi connectivity index (χ2v) is 8.81. The highest BCUT2D eigenvalue weighted by Gasteiger charge is 2.51. The van der Waals surface area contributed by atoms with E-state index in [4.69, 9.17) is 9.47 Å². The van der Waals surface area contributed by atoms with Crippen LogP contribution in [-0.2, 0) is 4.74 Å². The van der Waals surface area contributed by atoms with Crippen molar-refractivity contribution in [3.63, 3.8) is 0 Å².